The van der Waals surface area contributed by atoms with E-state index in [2.05, 4.69) is 36.1 Å². The van der Waals surface area contributed by atoms with Crippen molar-refractivity contribution in [1.82, 2.24) is 15.0 Å². The summed E-state index contributed by atoms with van der Waals surface area (Å²) >= 11 is 0. The molecule has 3 rings (SSSR count). The lowest BCUT2D eigenvalue weighted by atomic mass is 10.1. The number of aromatic nitrogens is 2. The van der Waals surface area contributed by atoms with Crippen molar-refractivity contribution >= 4 is 5.91 Å². The highest BCUT2D eigenvalue weighted by molar-refractivity contribution is 5.76. The third kappa shape index (κ3) is 6.28. The van der Waals surface area contributed by atoms with Gasteiger partial charge in [-0.15, -0.1) is 0 Å². The van der Waals surface area contributed by atoms with Crippen LogP contribution in [0.25, 0.3) is 11.4 Å². The molecule has 1 amide bonds. The molecule has 0 aliphatic heterocycles. The van der Waals surface area contributed by atoms with Gasteiger partial charge in [0.1, 0.15) is 0 Å². The maximum atomic E-state index is 12.7. The zero-order chi connectivity index (χ0) is 20.6. The summed E-state index contributed by atoms with van der Waals surface area (Å²) in [6.45, 7) is 7.45. The van der Waals surface area contributed by atoms with Crippen molar-refractivity contribution in [3.8, 4) is 11.4 Å². The molecule has 3 aromatic rings. The summed E-state index contributed by atoms with van der Waals surface area (Å²) in [7, 11) is 0. The van der Waals surface area contributed by atoms with Crippen molar-refractivity contribution in [1.29, 1.82) is 0 Å². The summed E-state index contributed by atoms with van der Waals surface area (Å²) in [5, 5.41) is 4.09. The predicted molar refractivity (Wildman–Crippen MR) is 114 cm³/mol. The summed E-state index contributed by atoms with van der Waals surface area (Å²) in [6, 6.07) is 18.3. The van der Waals surface area contributed by atoms with E-state index in [0.717, 1.165) is 12.0 Å². The second-order valence-electron chi connectivity index (χ2n) is 7.84. The van der Waals surface area contributed by atoms with E-state index in [-0.39, 0.29) is 5.91 Å². The lowest BCUT2D eigenvalue weighted by molar-refractivity contribution is -0.132. The van der Waals surface area contributed by atoms with Gasteiger partial charge in [0.15, 0.2) is 0 Å². The van der Waals surface area contributed by atoms with Gasteiger partial charge in [-0.2, -0.15) is 4.98 Å². The van der Waals surface area contributed by atoms with Gasteiger partial charge in [-0.05, 0) is 24.8 Å². The molecule has 0 saturated heterocycles. The lowest BCUT2D eigenvalue weighted by Crippen LogP contribution is -2.35. The number of hydrogen-bond acceptors (Lipinski definition) is 4. The third-order valence-electron chi connectivity index (χ3n) is 4.82. The number of hydrogen-bond donors (Lipinski definition) is 0. The molecule has 5 heteroatoms. The first-order chi connectivity index (χ1) is 14.0. The first kappa shape index (κ1) is 20.8. The van der Waals surface area contributed by atoms with E-state index in [1.807, 2.05) is 54.3 Å². The van der Waals surface area contributed by atoms with Crippen LogP contribution in [0.3, 0.4) is 0 Å². The summed E-state index contributed by atoms with van der Waals surface area (Å²) in [4.78, 5) is 19.1. The minimum Gasteiger partial charge on any atom is -0.342 e. The summed E-state index contributed by atoms with van der Waals surface area (Å²) in [6.07, 6.45) is 1.94. The number of carbonyl (C=O) groups excluding carboxylic acids is 1. The van der Waals surface area contributed by atoms with Crippen molar-refractivity contribution < 1.29 is 9.32 Å². The molecule has 0 radical (unpaired) electrons. The van der Waals surface area contributed by atoms with Crippen LogP contribution in [0.2, 0.25) is 0 Å². The van der Waals surface area contributed by atoms with Gasteiger partial charge in [0, 0.05) is 31.5 Å². The van der Waals surface area contributed by atoms with E-state index < -0.39 is 0 Å². The normalized spacial score (nSPS) is 11.0. The van der Waals surface area contributed by atoms with Gasteiger partial charge in [-0.25, -0.2) is 0 Å². The molecule has 2 aromatic carbocycles. The highest BCUT2D eigenvalue weighted by Crippen LogP contribution is 2.17. The van der Waals surface area contributed by atoms with Crippen LogP contribution in [0.15, 0.2) is 59.1 Å². The van der Waals surface area contributed by atoms with E-state index in [9.17, 15) is 4.79 Å². The van der Waals surface area contributed by atoms with E-state index in [1.165, 1.54) is 11.1 Å². The van der Waals surface area contributed by atoms with Crippen LogP contribution >= 0.6 is 0 Å². The molecular weight excluding hydrogens is 362 g/mol. The Hall–Kier alpha value is -2.95. The minimum atomic E-state index is 0.175. The van der Waals surface area contributed by atoms with Gasteiger partial charge >= 0.3 is 0 Å². The van der Waals surface area contributed by atoms with Gasteiger partial charge in [-0.1, -0.05) is 79.2 Å². The smallest absolute Gasteiger partial charge is 0.228 e. The molecule has 0 saturated carbocycles. The molecule has 0 aliphatic rings. The van der Waals surface area contributed by atoms with Crippen molar-refractivity contribution in [2.45, 2.75) is 40.0 Å². The molecule has 0 N–H and O–H groups in total. The summed E-state index contributed by atoms with van der Waals surface area (Å²) < 4.78 is 5.42. The van der Waals surface area contributed by atoms with Crippen LogP contribution in [-0.4, -0.2) is 34.0 Å². The van der Waals surface area contributed by atoms with E-state index in [0.29, 0.717) is 43.6 Å². The maximum absolute atomic E-state index is 12.7. The first-order valence-electron chi connectivity index (χ1n) is 10.2. The quantitative estimate of drug-likeness (QED) is 0.530. The SMILES string of the molecule is Cc1ccc(-c2noc(CCN(CCc3ccccc3)C(=O)CC(C)C)n2)cc1. The fraction of sp³-hybridized carbons (Fsp3) is 0.375. The fourth-order valence-corrected chi connectivity index (χ4v) is 3.16. The molecule has 1 aromatic heterocycles. The van der Waals surface area contributed by atoms with Crippen LogP contribution in [-0.2, 0) is 17.6 Å². The Labute approximate surface area is 172 Å². The number of nitrogens with zero attached hydrogens (tertiary/aromatic N) is 3. The van der Waals surface area contributed by atoms with Crippen molar-refractivity contribution in [3.05, 3.63) is 71.6 Å². The molecule has 0 fully saturated rings. The lowest BCUT2D eigenvalue weighted by Gasteiger charge is -2.23. The molecule has 0 atom stereocenters. The Bertz CT molecular complexity index is 901. The molecule has 0 bridgehead atoms. The topological polar surface area (TPSA) is 59.2 Å². The van der Waals surface area contributed by atoms with E-state index in [1.54, 1.807) is 0 Å². The summed E-state index contributed by atoms with van der Waals surface area (Å²) in [5.41, 5.74) is 3.35. The second kappa shape index (κ2) is 10.0. The van der Waals surface area contributed by atoms with Crippen LogP contribution in [0.1, 0.15) is 37.3 Å². The van der Waals surface area contributed by atoms with Gasteiger partial charge in [0.05, 0.1) is 0 Å². The Morgan fingerprint density at radius 3 is 2.38 bits per heavy atom. The number of aryl methyl sites for hydroxylation is 1. The van der Waals surface area contributed by atoms with Crippen LogP contribution < -0.4 is 0 Å². The van der Waals surface area contributed by atoms with Crippen LogP contribution in [0.5, 0.6) is 0 Å². The second-order valence-corrected chi connectivity index (χ2v) is 7.84. The summed E-state index contributed by atoms with van der Waals surface area (Å²) in [5.74, 6) is 1.65. The van der Waals surface area contributed by atoms with Gasteiger partial charge in [0.25, 0.3) is 0 Å². The van der Waals surface area contributed by atoms with Crippen LogP contribution in [0, 0.1) is 12.8 Å². The Kier molecular flexibility index (Phi) is 7.17. The number of carbonyl (C=O) groups is 1. The monoisotopic (exact) mass is 391 g/mol. The fourth-order valence-electron chi connectivity index (χ4n) is 3.16. The highest BCUT2D eigenvalue weighted by atomic mass is 16.5. The molecular formula is C24H29N3O2. The Balaban J connectivity index is 1.62. The van der Waals surface area contributed by atoms with Crippen LogP contribution in [0.4, 0.5) is 0 Å². The molecule has 0 spiro atoms. The Morgan fingerprint density at radius 2 is 1.69 bits per heavy atom. The Morgan fingerprint density at radius 1 is 1.00 bits per heavy atom. The van der Waals surface area contributed by atoms with Crippen molar-refractivity contribution in [2.75, 3.05) is 13.1 Å². The van der Waals surface area contributed by atoms with Gasteiger partial charge in [0.2, 0.25) is 17.6 Å². The molecule has 1 heterocycles. The number of amides is 1. The molecule has 152 valence electrons. The molecule has 0 aliphatic carbocycles. The van der Waals surface area contributed by atoms with E-state index >= 15 is 0 Å². The maximum Gasteiger partial charge on any atom is 0.228 e. The average Bonchev–Trinajstić information content (AvgIpc) is 3.17. The molecule has 5 nitrogen and oxygen atoms in total. The average molecular weight is 392 g/mol. The van der Waals surface area contributed by atoms with E-state index in [4.69, 9.17) is 4.52 Å². The first-order valence-corrected chi connectivity index (χ1v) is 10.2. The standard InChI is InChI=1S/C24H29N3O2/c1-18(2)17-23(28)27(15-13-20-7-5-4-6-8-20)16-14-22-25-24(26-29-22)21-11-9-19(3)10-12-21/h4-12,18H,13-17H2,1-3H3. The minimum absolute atomic E-state index is 0.175. The molecule has 29 heavy (non-hydrogen) atoms. The van der Waals surface area contributed by atoms with Gasteiger partial charge < -0.3 is 9.42 Å². The van der Waals surface area contributed by atoms with Crippen molar-refractivity contribution in [3.63, 3.8) is 0 Å². The number of rotatable bonds is 9. The van der Waals surface area contributed by atoms with Crippen molar-refractivity contribution in [2.24, 2.45) is 5.92 Å². The highest BCUT2D eigenvalue weighted by Gasteiger charge is 2.17. The largest absolute Gasteiger partial charge is 0.342 e. The zero-order valence-corrected chi connectivity index (χ0v) is 17.5. The number of benzene rings is 2. The zero-order valence-electron chi connectivity index (χ0n) is 17.5. The van der Waals surface area contributed by atoms with Gasteiger partial charge in [-0.3, -0.25) is 4.79 Å². The third-order valence-corrected chi connectivity index (χ3v) is 4.82. The predicted octanol–water partition coefficient (Wildman–Crippen LogP) is 4.70. The molecule has 0 unspecified atom stereocenters.